The number of rotatable bonds is 9. The summed E-state index contributed by atoms with van der Waals surface area (Å²) in [6, 6.07) is 7.85. The van der Waals surface area contributed by atoms with Crippen molar-refractivity contribution in [1.29, 1.82) is 0 Å². The molecule has 0 aliphatic rings. The van der Waals surface area contributed by atoms with Gasteiger partial charge >= 0.3 is 11.9 Å². The molecule has 1 rings (SSSR count). The summed E-state index contributed by atoms with van der Waals surface area (Å²) in [5, 5.41) is 0. The van der Waals surface area contributed by atoms with Gasteiger partial charge in [-0.3, -0.25) is 9.59 Å². The van der Waals surface area contributed by atoms with Gasteiger partial charge in [-0.15, -0.1) is 6.58 Å². The van der Waals surface area contributed by atoms with Gasteiger partial charge in [0, 0.05) is 4.47 Å². The van der Waals surface area contributed by atoms with Crippen molar-refractivity contribution in [3.05, 3.63) is 47.0 Å². The van der Waals surface area contributed by atoms with Gasteiger partial charge in [0.1, 0.15) is 0 Å². The zero-order valence-corrected chi connectivity index (χ0v) is 16.9. The summed E-state index contributed by atoms with van der Waals surface area (Å²) >= 11 is 3.42. The van der Waals surface area contributed by atoms with Crippen LogP contribution in [-0.2, 0) is 19.1 Å². The maximum atomic E-state index is 12.4. The van der Waals surface area contributed by atoms with Crippen molar-refractivity contribution in [1.82, 2.24) is 0 Å². The van der Waals surface area contributed by atoms with Gasteiger partial charge < -0.3 is 9.47 Å². The van der Waals surface area contributed by atoms with E-state index in [2.05, 4.69) is 22.5 Å². The number of carbonyl (C=O) groups is 2. The number of hydrogen-bond acceptors (Lipinski definition) is 4. The minimum atomic E-state index is -0.946. The van der Waals surface area contributed by atoms with Crippen molar-refractivity contribution >= 4 is 27.9 Å². The van der Waals surface area contributed by atoms with Crippen LogP contribution in [0.1, 0.15) is 52.0 Å². The number of halogens is 1. The third kappa shape index (κ3) is 7.43. The topological polar surface area (TPSA) is 52.6 Å². The molecule has 4 nitrogen and oxygen atoms in total. The van der Waals surface area contributed by atoms with Gasteiger partial charge in [-0.05, 0) is 64.2 Å². The van der Waals surface area contributed by atoms with E-state index in [1.165, 1.54) is 0 Å². The Balaban J connectivity index is 3.04. The van der Waals surface area contributed by atoms with Crippen LogP contribution >= 0.6 is 15.9 Å². The molecule has 0 saturated heterocycles. The van der Waals surface area contributed by atoms with Crippen LogP contribution in [0.5, 0.6) is 0 Å². The van der Waals surface area contributed by atoms with Crippen LogP contribution in [0.4, 0.5) is 0 Å². The van der Waals surface area contributed by atoms with Gasteiger partial charge in [0.05, 0.1) is 12.2 Å². The lowest BCUT2D eigenvalue weighted by molar-refractivity contribution is -0.166. The Morgan fingerprint density at radius 2 is 1.52 bits per heavy atom. The fraction of sp³-hybridized carbons (Fsp3) is 0.500. The van der Waals surface area contributed by atoms with E-state index in [4.69, 9.17) is 9.47 Å². The fourth-order valence-corrected chi connectivity index (χ4v) is 2.77. The highest BCUT2D eigenvalue weighted by atomic mass is 79.9. The molecule has 0 bridgehead atoms. The van der Waals surface area contributed by atoms with Crippen molar-refractivity contribution in [2.45, 2.75) is 58.7 Å². The summed E-state index contributed by atoms with van der Waals surface area (Å²) in [4.78, 5) is 24.9. The summed E-state index contributed by atoms with van der Waals surface area (Å²) in [5.41, 5.74) is 1.04. The maximum Gasteiger partial charge on any atom is 0.320 e. The lowest BCUT2D eigenvalue weighted by atomic mass is 9.86. The number of ether oxygens (including phenoxy) is 2. The van der Waals surface area contributed by atoms with E-state index < -0.39 is 17.9 Å². The van der Waals surface area contributed by atoms with E-state index in [-0.39, 0.29) is 18.1 Å². The highest BCUT2D eigenvalue weighted by Crippen LogP contribution is 2.30. The minimum absolute atomic E-state index is 0.0185. The molecule has 1 atom stereocenters. The fourth-order valence-electron chi connectivity index (χ4n) is 2.51. The lowest BCUT2D eigenvalue weighted by Gasteiger charge is -2.23. The summed E-state index contributed by atoms with van der Waals surface area (Å²) in [7, 11) is 0. The van der Waals surface area contributed by atoms with E-state index in [1.54, 1.807) is 33.8 Å². The zero-order valence-electron chi connectivity index (χ0n) is 15.3. The Labute approximate surface area is 158 Å². The van der Waals surface area contributed by atoms with Gasteiger partial charge in [0.2, 0.25) is 0 Å². The molecule has 1 unspecified atom stereocenters. The second-order valence-corrected chi connectivity index (χ2v) is 7.45. The molecule has 1 aromatic carbocycles. The smallest absolute Gasteiger partial charge is 0.320 e. The molecule has 0 fully saturated rings. The highest BCUT2D eigenvalue weighted by Gasteiger charge is 2.33. The number of carbonyl (C=O) groups excluding carboxylic acids is 2. The average molecular weight is 411 g/mol. The largest absolute Gasteiger partial charge is 0.462 e. The Hall–Kier alpha value is -1.62. The Kier molecular flexibility index (Phi) is 8.90. The molecular formula is C20H27BrO4. The number of benzene rings is 1. The zero-order chi connectivity index (χ0) is 19.0. The molecule has 1 aromatic rings. The van der Waals surface area contributed by atoms with Crippen LogP contribution in [0.15, 0.2) is 41.4 Å². The molecule has 5 heteroatoms. The Bertz CT molecular complexity index is 556. The van der Waals surface area contributed by atoms with Gasteiger partial charge in [0.15, 0.2) is 5.92 Å². The van der Waals surface area contributed by atoms with Crippen molar-refractivity contribution in [2.24, 2.45) is 5.92 Å². The van der Waals surface area contributed by atoms with Crippen LogP contribution in [0.2, 0.25) is 0 Å². The molecule has 25 heavy (non-hydrogen) atoms. The first kappa shape index (κ1) is 21.4. The molecule has 0 spiro atoms. The van der Waals surface area contributed by atoms with E-state index in [0.29, 0.717) is 12.8 Å². The molecule has 0 aliphatic heterocycles. The van der Waals surface area contributed by atoms with Gasteiger partial charge in [-0.1, -0.05) is 34.1 Å². The number of hydrogen-bond donors (Lipinski definition) is 0. The summed E-state index contributed by atoms with van der Waals surface area (Å²) in [6.45, 7) is 10.8. The molecule has 0 amide bonds. The number of allylic oxidation sites excluding steroid dienone is 1. The Morgan fingerprint density at radius 3 is 1.92 bits per heavy atom. The minimum Gasteiger partial charge on any atom is -0.462 e. The first-order valence-corrected chi connectivity index (χ1v) is 9.31. The van der Waals surface area contributed by atoms with Gasteiger partial charge in [-0.2, -0.15) is 0 Å². The van der Waals surface area contributed by atoms with Crippen molar-refractivity contribution in [2.75, 3.05) is 0 Å². The van der Waals surface area contributed by atoms with Crippen LogP contribution in [0, 0.1) is 5.92 Å². The average Bonchev–Trinajstić information content (AvgIpc) is 2.50. The monoisotopic (exact) mass is 410 g/mol. The second kappa shape index (κ2) is 10.4. The maximum absolute atomic E-state index is 12.4. The molecule has 0 N–H and O–H groups in total. The lowest BCUT2D eigenvalue weighted by Crippen LogP contribution is -2.32. The quantitative estimate of drug-likeness (QED) is 0.325. The van der Waals surface area contributed by atoms with Crippen molar-refractivity contribution in [3.63, 3.8) is 0 Å². The van der Waals surface area contributed by atoms with Crippen LogP contribution in [-0.4, -0.2) is 24.1 Å². The summed E-state index contributed by atoms with van der Waals surface area (Å²) in [6.07, 6.45) is 2.21. The molecule has 138 valence electrons. The van der Waals surface area contributed by atoms with Crippen LogP contribution in [0.25, 0.3) is 0 Å². The SMILES string of the molecule is C=CCC(CC(C(=O)OC(C)C)C(=O)OC(C)C)c1ccc(Br)cc1. The number of esters is 2. The summed E-state index contributed by atoms with van der Waals surface area (Å²) in [5.74, 6) is -2.04. The van der Waals surface area contributed by atoms with Gasteiger partial charge in [-0.25, -0.2) is 0 Å². The first-order chi connectivity index (χ1) is 11.7. The normalized spacial score (nSPS) is 12.3. The molecule has 0 radical (unpaired) electrons. The third-order valence-electron chi connectivity index (χ3n) is 3.59. The molecule has 0 aliphatic carbocycles. The second-order valence-electron chi connectivity index (χ2n) is 6.53. The van der Waals surface area contributed by atoms with Crippen molar-refractivity contribution < 1.29 is 19.1 Å². The van der Waals surface area contributed by atoms with Crippen LogP contribution < -0.4 is 0 Å². The standard InChI is InChI=1S/C20H27BrO4/c1-6-7-16(15-8-10-17(21)11-9-15)12-18(19(22)24-13(2)3)20(23)25-14(4)5/h6,8-11,13-14,16,18H,1,7,12H2,2-5H3. The molecule has 0 heterocycles. The van der Waals surface area contributed by atoms with E-state index in [1.807, 2.05) is 24.3 Å². The molecule has 0 aromatic heterocycles. The molecule has 0 saturated carbocycles. The summed E-state index contributed by atoms with van der Waals surface area (Å²) < 4.78 is 11.5. The predicted molar refractivity (Wildman–Crippen MR) is 102 cm³/mol. The Morgan fingerprint density at radius 1 is 1.04 bits per heavy atom. The third-order valence-corrected chi connectivity index (χ3v) is 4.11. The van der Waals surface area contributed by atoms with Crippen molar-refractivity contribution in [3.8, 4) is 0 Å². The van der Waals surface area contributed by atoms with Gasteiger partial charge in [0.25, 0.3) is 0 Å². The van der Waals surface area contributed by atoms with E-state index >= 15 is 0 Å². The predicted octanol–water partition coefficient (Wildman–Crippen LogP) is 5.02. The highest BCUT2D eigenvalue weighted by molar-refractivity contribution is 9.10. The molecular weight excluding hydrogens is 384 g/mol. The van der Waals surface area contributed by atoms with Crippen LogP contribution in [0.3, 0.4) is 0 Å². The first-order valence-electron chi connectivity index (χ1n) is 8.51. The van der Waals surface area contributed by atoms with E-state index in [0.717, 1.165) is 10.0 Å². The van der Waals surface area contributed by atoms with E-state index in [9.17, 15) is 9.59 Å².